The van der Waals surface area contributed by atoms with Gasteiger partial charge in [0.05, 0.1) is 0 Å². The van der Waals surface area contributed by atoms with Gasteiger partial charge in [-0.25, -0.2) is 0 Å². The molecule has 1 atom stereocenters. The van der Waals surface area contributed by atoms with Gasteiger partial charge in [-0.05, 0) is 30.9 Å². The van der Waals surface area contributed by atoms with Crippen LogP contribution in [-0.4, -0.2) is 0 Å². The van der Waals surface area contributed by atoms with Crippen molar-refractivity contribution in [1.82, 2.24) is 0 Å². The molecule has 0 aliphatic carbocycles. The van der Waals surface area contributed by atoms with Gasteiger partial charge in [0.2, 0.25) is 0 Å². The zero-order valence-electron chi connectivity index (χ0n) is 9.09. The predicted octanol–water partition coefficient (Wildman–Crippen LogP) is 3.77. The normalized spacial score (nSPS) is 12.1. The van der Waals surface area contributed by atoms with Gasteiger partial charge in [0.1, 0.15) is 0 Å². The van der Waals surface area contributed by atoms with Crippen molar-refractivity contribution in [3.63, 3.8) is 0 Å². The number of benzene rings is 1. The Bertz CT molecular complexity index is 300. The highest BCUT2D eigenvalue weighted by atomic mass is 14.0. The van der Waals surface area contributed by atoms with Crippen LogP contribution < -0.4 is 0 Å². The van der Waals surface area contributed by atoms with Crippen LogP contribution in [-0.2, 0) is 6.42 Å². The van der Waals surface area contributed by atoms with Crippen LogP contribution in [0.1, 0.15) is 43.7 Å². The van der Waals surface area contributed by atoms with E-state index in [4.69, 9.17) is 6.42 Å². The Labute approximate surface area is 87.4 Å². The predicted molar refractivity (Wildman–Crippen MR) is 62.3 cm³/mol. The minimum atomic E-state index is 0.232. The summed E-state index contributed by atoms with van der Waals surface area (Å²) in [6.07, 6.45) is 9.07. The molecule has 0 aliphatic heterocycles. The standard InChI is InChI=1S/C14H18/c1-4-6-7-13-8-10-14(11-9-13)12(3)5-2/h2,8-12H,4,6-7H2,1,3H3. The first kappa shape index (κ1) is 10.9. The smallest absolute Gasteiger partial charge is 0.0421 e. The lowest BCUT2D eigenvalue weighted by molar-refractivity contribution is 0.794. The Morgan fingerprint density at radius 3 is 2.43 bits per heavy atom. The van der Waals surface area contributed by atoms with Gasteiger partial charge in [0.25, 0.3) is 0 Å². The molecule has 0 saturated carbocycles. The molecule has 1 unspecified atom stereocenters. The molecular weight excluding hydrogens is 168 g/mol. The third-order valence-electron chi connectivity index (χ3n) is 2.55. The lowest BCUT2D eigenvalue weighted by Gasteiger charge is -2.05. The molecular formula is C14H18. The van der Waals surface area contributed by atoms with E-state index in [0.29, 0.717) is 0 Å². The molecule has 0 N–H and O–H groups in total. The summed E-state index contributed by atoms with van der Waals surface area (Å²) in [4.78, 5) is 0. The zero-order valence-corrected chi connectivity index (χ0v) is 9.09. The Morgan fingerprint density at radius 2 is 1.93 bits per heavy atom. The van der Waals surface area contributed by atoms with E-state index in [9.17, 15) is 0 Å². The number of rotatable bonds is 4. The molecule has 0 heteroatoms. The first-order valence-corrected chi connectivity index (χ1v) is 5.33. The van der Waals surface area contributed by atoms with E-state index < -0.39 is 0 Å². The molecule has 0 fully saturated rings. The molecule has 0 heterocycles. The minimum Gasteiger partial charge on any atom is -0.119 e. The summed E-state index contributed by atoms with van der Waals surface area (Å²) in [5.74, 6) is 2.98. The van der Waals surface area contributed by atoms with Crippen LogP contribution in [0.5, 0.6) is 0 Å². The second-order valence-electron chi connectivity index (χ2n) is 3.73. The average Bonchev–Trinajstić information content (AvgIpc) is 2.26. The van der Waals surface area contributed by atoms with Gasteiger partial charge in [0, 0.05) is 5.92 Å². The Kier molecular flexibility index (Phi) is 4.26. The summed E-state index contributed by atoms with van der Waals surface area (Å²) in [5.41, 5.74) is 2.66. The molecule has 0 aromatic heterocycles. The monoisotopic (exact) mass is 186 g/mol. The van der Waals surface area contributed by atoms with Crippen molar-refractivity contribution in [3.8, 4) is 12.3 Å². The van der Waals surface area contributed by atoms with Crippen LogP contribution in [0.2, 0.25) is 0 Å². The second-order valence-corrected chi connectivity index (χ2v) is 3.73. The summed E-state index contributed by atoms with van der Waals surface area (Å²) in [6, 6.07) is 8.68. The maximum absolute atomic E-state index is 5.37. The van der Waals surface area contributed by atoms with Gasteiger partial charge >= 0.3 is 0 Å². The fraction of sp³-hybridized carbons (Fsp3) is 0.429. The van der Waals surface area contributed by atoms with E-state index >= 15 is 0 Å². The van der Waals surface area contributed by atoms with E-state index in [-0.39, 0.29) is 5.92 Å². The fourth-order valence-corrected chi connectivity index (χ4v) is 1.45. The maximum atomic E-state index is 5.37. The van der Waals surface area contributed by atoms with Crippen LogP contribution in [0.15, 0.2) is 24.3 Å². The van der Waals surface area contributed by atoms with Crippen LogP contribution >= 0.6 is 0 Å². The SMILES string of the molecule is C#CC(C)c1ccc(CCCC)cc1. The number of aryl methyl sites for hydroxylation is 1. The molecule has 0 bridgehead atoms. The van der Waals surface area contributed by atoms with Crippen LogP contribution in [0.3, 0.4) is 0 Å². The molecule has 0 amide bonds. The highest BCUT2D eigenvalue weighted by molar-refractivity contribution is 5.29. The molecule has 1 aromatic rings. The van der Waals surface area contributed by atoms with Crippen molar-refractivity contribution in [1.29, 1.82) is 0 Å². The van der Waals surface area contributed by atoms with Crippen molar-refractivity contribution in [2.24, 2.45) is 0 Å². The van der Waals surface area contributed by atoms with Gasteiger partial charge < -0.3 is 0 Å². The summed E-state index contributed by atoms with van der Waals surface area (Å²) < 4.78 is 0. The number of hydrogen-bond donors (Lipinski definition) is 0. The van der Waals surface area contributed by atoms with Crippen molar-refractivity contribution in [3.05, 3.63) is 35.4 Å². The molecule has 0 aliphatic rings. The molecule has 1 aromatic carbocycles. The molecule has 0 spiro atoms. The zero-order chi connectivity index (χ0) is 10.4. The molecule has 0 nitrogen and oxygen atoms in total. The van der Waals surface area contributed by atoms with E-state index in [0.717, 1.165) is 0 Å². The van der Waals surface area contributed by atoms with Crippen molar-refractivity contribution >= 4 is 0 Å². The molecule has 1 rings (SSSR count). The van der Waals surface area contributed by atoms with Gasteiger partial charge in [-0.15, -0.1) is 6.42 Å². The van der Waals surface area contributed by atoms with Crippen LogP contribution in [0.25, 0.3) is 0 Å². The quantitative estimate of drug-likeness (QED) is 0.628. The summed E-state index contributed by atoms with van der Waals surface area (Å²) in [7, 11) is 0. The van der Waals surface area contributed by atoms with E-state index in [2.05, 4.69) is 44.0 Å². The third kappa shape index (κ3) is 2.92. The first-order valence-electron chi connectivity index (χ1n) is 5.33. The van der Waals surface area contributed by atoms with Gasteiger partial charge in [-0.1, -0.05) is 43.5 Å². The lowest BCUT2D eigenvalue weighted by Crippen LogP contribution is -1.90. The Morgan fingerprint density at radius 1 is 1.29 bits per heavy atom. The van der Waals surface area contributed by atoms with Gasteiger partial charge in [-0.2, -0.15) is 0 Å². The number of terminal acetylenes is 1. The molecule has 0 radical (unpaired) electrons. The van der Waals surface area contributed by atoms with Crippen molar-refractivity contribution < 1.29 is 0 Å². The van der Waals surface area contributed by atoms with Crippen molar-refractivity contribution in [2.45, 2.75) is 39.0 Å². The Balaban J connectivity index is 2.65. The summed E-state index contributed by atoms with van der Waals surface area (Å²) in [5, 5.41) is 0. The third-order valence-corrected chi connectivity index (χ3v) is 2.55. The lowest BCUT2D eigenvalue weighted by atomic mass is 9.99. The number of hydrogen-bond acceptors (Lipinski definition) is 0. The van der Waals surface area contributed by atoms with Gasteiger partial charge in [-0.3, -0.25) is 0 Å². The highest BCUT2D eigenvalue weighted by Crippen LogP contribution is 2.15. The second kappa shape index (κ2) is 5.50. The van der Waals surface area contributed by atoms with Crippen LogP contribution in [0, 0.1) is 12.3 Å². The van der Waals surface area contributed by atoms with E-state index in [1.807, 2.05) is 0 Å². The van der Waals surface area contributed by atoms with Crippen LogP contribution in [0.4, 0.5) is 0 Å². The first-order chi connectivity index (χ1) is 6.77. The molecule has 14 heavy (non-hydrogen) atoms. The largest absolute Gasteiger partial charge is 0.119 e. The van der Waals surface area contributed by atoms with Crippen molar-refractivity contribution in [2.75, 3.05) is 0 Å². The average molecular weight is 186 g/mol. The van der Waals surface area contributed by atoms with Gasteiger partial charge in [0.15, 0.2) is 0 Å². The topological polar surface area (TPSA) is 0 Å². The highest BCUT2D eigenvalue weighted by Gasteiger charge is 2.00. The van der Waals surface area contributed by atoms with E-state index in [1.165, 1.54) is 30.4 Å². The minimum absolute atomic E-state index is 0.232. The Hall–Kier alpha value is -1.22. The summed E-state index contributed by atoms with van der Waals surface area (Å²) >= 11 is 0. The molecule has 0 saturated heterocycles. The maximum Gasteiger partial charge on any atom is 0.0421 e. The number of unbranched alkanes of at least 4 members (excludes halogenated alkanes) is 1. The van der Waals surface area contributed by atoms with E-state index in [1.54, 1.807) is 0 Å². The molecule has 74 valence electrons. The fourth-order valence-electron chi connectivity index (χ4n) is 1.45. The summed E-state index contributed by atoms with van der Waals surface area (Å²) in [6.45, 7) is 4.27.